The standard InChI is InChI=1S/C26H23FN4O4/c27-21-10-9-20(14-24(21)31(34)35)30-16-19(13-25(30)32)26(33)28-22-7-3-1-6-18(22)15-29-12-11-17-5-2-4-8-23(17)29/h1-10,14,19H,11-13,15-16H2,(H,28,33). The van der Waals surface area contributed by atoms with Crippen LogP contribution in [0.15, 0.2) is 66.7 Å². The van der Waals surface area contributed by atoms with Crippen LogP contribution < -0.4 is 15.1 Å². The highest BCUT2D eigenvalue weighted by Gasteiger charge is 2.36. The first-order chi connectivity index (χ1) is 16.9. The Morgan fingerprint density at radius 2 is 1.89 bits per heavy atom. The summed E-state index contributed by atoms with van der Waals surface area (Å²) in [5, 5.41) is 14.0. The topological polar surface area (TPSA) is 95.8 Å². The molecular weight excluding hydrogens is 451 g/mol. The molecule has 9 heteroatoms. The van der Waals surface area contributed by atoms with Gasteiger partial charge in [0.05, 0.1) is 16.5 Å². The lowest BCUT2D eigenvalue weighted by Crippen LogP contribution is -2.28. The second kappa shape index (κ2) is 9.17. The molecule has 2 heterocycles. The zero-order chi connectivity index (χ0) is 24.5. The number of para-hydroxylation sites is 2. The molecule has 2 aliphatic heterocycles. The van der Waals surface area contributed by atoms with Gasteiger partial charge in [0, 0.05) is 43.5 Å². The summed E-state index contributed by atoms with van der Waals surface area (Å²) in [5.41, 5.74) is 3.64. The molecule has 8 nitrogen and oxygen atoms in total. The first-order valence-corrected chi connectivity index (χ1v) is 11.4. The second-order valence-electron chi connectivity index (χ2n) is 8.74. The molecule has 0 aromatic heterocycles. The number of hydrogen-bond donors (Lipinski definition) is 1. The predicted molar refractivity (Wildman–Crippen MR) is 130 cm³/mol. The number of nitro groups is 1. The van der Waals surface area contributed by atoms with E-state index >= 15 is 0 Å². The van der Waals surface area contributed by atoms with E-state index in [2.05, 4.69) is 22.3 Å². The van der Waals surface area contributed by atoms with Gasteiger partial charge in [-0.15, -0.1) is 0 Å². The Morgan fingerprint density at radius 3 is 2.71 bits per heavy atom. The molecule has 3 aromatic rings. The summed E-state index contributed by atoms with van der Waals surface area (Å²) < 4.78 is 13.7. The van der Waals surface area contributed by atoms with Gasteiger partial charge in [-0.3, -0.25) is 19.7 Å². The normalized spacial score (nSPS) is 16.9. The molecule has 35 heavy (non-hydrogen) atoms. The SMILES string of the molecule is O=C(Nc1ccccc1CN1CCc2ccccc21)C1CC(=O)N(c2ccc(F)c([N+](=O)[O-])c2)C1. The number of anilines is 3. The number of nitro benzene ring substituents is 1. The van der Waals surface area contributed by atoms with Crippen LogP contribution in [0.5, 0.6) is 0 Å². The fourth-order valence-corrected chi connectivity index (χ4v) is 4.73. The van der Waals surface area contributed by atoms with Gasteiger partial charge in [-0.05, 0) is 41.8 Å². The molecule has 1 unspecified atom stereocenters. The summed E-state index contributed by atoms with van der Waals surface area (Å²) in [6.45, 7) is 1.61. The first kappa shape index (κ1) is 22.5. The summed E-state index contributed by atoms with van der Waals surface area (Å²) in [7, 11) is 0. The largest absolute Gasteiger partial charge is 0.367 e. The molecular formula is C26H23FN4O4. The van der Waals surface area contributed by atoms with Gasteiger partial charge in [-0.2, -0.15) is 4.39 Å². The van der Waals surface area contributed by atoms with Crippen LogP contribution in [0.4, 0.5) is 27.1 Å². The third-order valence-electron chi connectivity index (χ3n) is 6.55. The lowest BCUT2D eigenvalue weighted by molar-refractivity contribution is -0.387. The Morgan fingerprint density at radius 1 is 1.11 bits per heavy atom. The van der Waals surface area contributed by atoms with Crippen molar-refractivity contribution in [3.8, 4) is 0 Å². The van der Waals surface area contributed by atoms with Crippen molar-refractivity contribution in [2.24, 2.45) is 5.92 Å². The van der Waals surface area contributed by atoms with Crippen molar-refractivity contribution >= 4 is 34.6 Å². The molecule has 3 aromatic carbocycles. The molecule has 0 bridgehead atoms. The predicted octanol–water partition coefficient (Wildman–Crippen LogP) is 4.29. The van der Waals surface area contributed by atoms with Gasteiger partial charge in [0.25, 0.3) is 0 Å². The number of carbonyl (C=O) groups excluding carboxylic acids is 2. The van der Waals surface area contributed by atoms with Gasteiger partial charge in [-0.25, -0.2) is 0 Å². The molecule has 2 amide bonds. The fraction of sp³-hybridized carbons (Fsp3) is 0.231. The van der Waals surface area contributed by atoms with Crippen LogP contribution in [0.25, 0.3) is 0 Å². The molecule has 1 N–H and O–H groups in total. The Balaban J connectivity index is 1.29. The minimum absolute atomic E-state index is 0.0291. The van der Waals surface area contributed by atoms with Gasteiger partial charge in [0.1, 0.15) is 0 Å². The van der Waals surface area contributed by atoms with Crippen LogP contribution in [0.1, 0.15) is 17.5 Å². The van der Waals surface area contributed by atoms with Gasteiger partial charge < -0.3 is 15.1 Å². The zero-order valence-electron chi connectivity index (χ0n) is 18.8. The highest BCUT2D eigenvalue weighted by molar-refractivity contribution is 6.03. The van der Waals surface area contributed by atoms with Crippen molar-refractivity contribution in [2.75, 3.05) is 28.2 Å². The number of nitrogens with zero attached hydrogens (tertiary/aromatic N) is 3. The van der Waals surface area contributed by atoms with E-state index in [0.717, 1.165) is 30.7 Å². The number of fused-ring (bicyclic) bond motifs is 1. The van der Waals surface area contributed by atoms with Crippen molar-refractivity contribution in [3.05, 3.63) is 93.8 Å². The fourth-order valence-electron chi connectivity index (χ4n) is 4.73. The number of carbonyl (C=O) groups is 2. The third kappa shape index (κ3) is 4.44. The van der Waals surface area contributed by atoms with E-state index in [-0.39, 0.29) is 30.5 Å². The molecule has 0 saturated carbocycles. The molecule has 0 radical (unpaired) electrons. The average molecular weight is 474 g/mol. The molecule has 2 aliphatic rings. The third-order valence-corrected chi connectivity index (χ3v) is 6.55. The minimum Gasteiger partial charge on any atom is -0.367 e. The first-order valence-electron chi connectivity index (χ1n) is 11.4. The minimum atomic E-state index is -0.975. The second-order valence-corrected chi connectivity index (χ2v) is 8.74. The van der Waals surface area contributed by atoms with Crippen LogP contribution in [0.2, 0.25) is 0 Å². The zero-order valence-corrected chi connectivity index (χ0v) is 18.8. The molecule has 1 fully saturated rings. The van der Waals surface area contributed by atoms with Crippen molar-refractivity contribution in [1.82, 2.24) is 0 Å². The Kier molecular flexibility index (Phi) is 5.90. The molecule has 5 rings (SSSR count). The van der Waals surface area contributed by atoms with E-state index in [4.69, 9.17) is 0 Å². The van der Waals surface area contributed by atoms with E-state index in [9.17, 15) is 24.1 Å². The number of rotatable bonds is 6. The van der Waals surface area contributed by atoms with Crippen molar-refractivity contribution in [3.63, 3.8) is 0 Å². The van der Waals surface area contributed by atoms with Gasteiger partial charge in [0.2, 0.25) is 17.6 Å². The Bertz CT molecular complexity index is 1330. The van der Waals surface area contributed by atoms with E-state index in [0.29, 0.717) is 12.2 Å². The number of benzene rings is 3. The summed E-state index contributed by atoms with van der Waals surface area (Å²) in [6, 6.07) is 19.2. The summed E-state index contributed by atoms with van der Waals surface area (Å²) in [4.78, 5) is 39.5. The number of hydrogen-bond acceptors (Lipinski definition) is 5. The van der Waals surface area contributed by atoms with Crippen LogP contribution in [-0.4, -0.2) is 29.8 Å². The maximum Gasteiger partial charge on any atom is 0.306 e. The van der Waals surface area contributed by atoms with Crippen LogP contribution >= 0.6 is 0 Å². The van der Waals surface area contributed by atoms with E-state index in [1.807, 2.05) is 36.4 Å². The lowest BCUT2D eigenvalue weighted by Gasteiger charge is -2.22. The van der Waals surface area contributed by atoms with Crippen molar-refractivity contribution < 1.29 is 18.9 Å². The number of nitrogens with one attached hydrogen (secondary N) is 1. The summed E-state index contributed by atoms with van der Waals surface area (Å²) >= 11 is 0. The number of halogens is 1. The quantitative estimate of drug-likeness (QED) is 0.425. The Labute approximate surface area is 201 Å². The highest BCUT2D eigenvalue weighted by Crippen LogP contribution is 2.32. The van der Waals surface area contributed by atoms with Gasteiger partial charge in [0.15, 0.2) is 0 Å². The Hall–Kier alpha value is -4.27. The molecule has 178 valence electrons. The summed E-state index contributed by atoms with van der Waals surface area (Å²) in [5.74, 6) is -2.25. The lowest BCUT2D eigenvalue weighted by atomic mass is 10.1. The number of amides is 2. The monoisotopic (exact) mass is 474 g/mol. The molecule has 1 atom stereocenters. The highest BCUT2D eigenvalue weighted by atomic mass is 19.1. The van der Waals surface area contributed by atoms with Crippen LogP contribution in [0.3, 0.4) is 0 Å². The van der Waals surface area contributed by atoms with E-state index in [1.54, 1.807) is 0 Å². The molecule has 0 aliphatic carbocycles. The van der Waals surface area contributed by atoms with Crippen molar-refractivity contribution in [2.45, 2.75) is 19.4 Å². The molecule has 0 spiro atoms. The van der Waals surface area contributed by atoms with Crippen molar-refractivity contribution in [1.29, 1.82) is 0 Å². The van der Waals surface area contributed by atoms with E-state index < -0.39 is 22.3 Å². The average Bonchev–Trinajstić information content (AvgIpc) is 3.44. The van der Waals surface area contributed by atoms with Crippen LogP contribution in [-0.2, 0) is 22.6 Å². The maximum atomic E-state index is 13.7. The smallest absolute Gasteiger partial charge is 0.306 e. The summed E-state index contributed by atoms with van der Waals surface area (Å²) in [6.07, 6.45) is 0.949. The van der Waals surface area contributed by atoms with Gasteiger partial charge >= 0.3 is 5.69 Å². The van der Waals surface area contributed by atoms with Gasteiger partial charge in [-0.1, -0.05) is 36.4 Å². The maximum absolute atomic E-state index is 13.7. The van der Waals surface area contributed by atoms with E-state index in [1.165, 1.54) is 22.2 Å². The molecule has 1 saturated heterocycles. The van der Waals surface area contributed by atoms with Crippen LogP contribution in [0, 0.1) is 21.8 Å².